The van der Waals surface area contributed by atoms with Gasteiger partial charge >= 0.3 is 0 Å². The molecule has 0 aliphatic carbocycles. The smallest absolute Gasteiger partial charge is 0.237 e. The first-order chi connectivity index (χ1) is 15.6. The van der Waals surface area contributed by atoms with E-state index in [1.165, 1.54) is 0 Å². The first kappa shape index (κ1) is 25.3. The minimum absolute atomic E-state index is 0.0446. The van der Waals surface area contributed by atoms with E-state index in [-0.39, 0.29) is 12.5 Å². The van der Waals surface area contributed by atoms with Crippen molar-refractivity contribution >= 4 is 5.91 Å². The minimum Gasteiger partial charge on any atom is -0.396 e. The zero-order chi connectivity index (χ0) is 23.4. The third-order valence-corrected chi connectivity index (χ3v) is 5.45. The highest BCUT2D eigenvalue weighted by atomic mass is 16.2. The Morgan fingerprint density at radius 3 is 2.03 bits per heavy atom. The molecule has 1 N–H and O–H groups in total. The number of rotatable bonds is 10. The lowest BCUT2D eigenvalue weighted by Crippen LogP contribution is -2.45. The molecule has 2 aromatic carbocycles. The van der Waals surface area contributed by atoms with Gasteiger partial charge in [0.05, 0.1) is 5.69 Å². The van der Waals surface area contributed by atoms with E-state index in [1.807, 2.05) is 85.4 Å². The summed E-state index contributed by atoms with van der Waals surface area (Å²) < 4.78 is 1.82. The van der Waals surface area contributed by atoms with Gasteiger partial charge in [-0.25, -0.2) is 0 Å². The number of aryl methyl sites for hydroxylation is 2. The van der Waals surface area contributed by atoms with Crippen molar-refractivity contribution in [2.24, 2.45) is 0 Å². The van der Waals surface area contributed by atoms with E-state index in [0.29, 0.717) is 13.0 Å². The molecule has 0 spiro atoms. The number of hydrogen-bond acceptors (Lipinski definition) is 4. The largest absolute Gasteiger partial charge is 0.396 e. The van der Waals surface area contributed by atoms with Gasteiger partial charge in [0, 0.05) is 33.4 Å². The van der Waals surface area contributed by atoms with Crippen LogP contribution in [0.4, 0.5) is 0 Å². The number of hydrogen-bond donors (Lipinski definition) is 1. The quantitative estimate of drug-likeness (QED) is 0.486. The summed E-state index contributed by atoms with van der Waals surface area (Å²) >= 11 is 0. The van der Waals surface area contributed by atoms with Crippen molar-refractivity contribution < 1.29 is 9.90 Å². The highest BCUT2D eigenvalue weighted by molar-refractivity contribution is 5.91. The molecule has 0 fully saturated rings. The maximum atomic E-state index is 13.6. The Balaban J connectivity index is 0.00000176. The van der Waals surface area contributed by atoms with Crippen LogP contribution in [0.15, 0.2) is 66.9 Å². The molecule has 0 saturated carbocycles. The molecule has 0 aliphatic heterocycles. The molecule has 3 rings (SSSR count). The Hall–Kier alpha value is -2.99. The predicted molar refractivity (Wildman–Crippen MR) is 128 cm³/mol. The van der Waals surface area contributed by atoms with E-state index in [4.69, 9.17) is 5.11 Å². The van der Waals surface area contributed by atoms with E-state index >= 15 is 0 Å². The summed E-state index contributed by atoms with van der Waals surface area (Å²) in [6, 6.07) is 19.9. The van der Waals surface area contributed by atoms with Crippen molar-refractivity contribution in [1.82, 2.24) is 19.9 Å². The highest BCUT2D eigenvalue weighted by Gasteiger charge is 2.42. The molecule has 0 aliphatic rings. The second-order valence-corrected chi connectivity index (χ2v) is 7.74. The number of unbranched alkanes of at least 4 members (excludes halogenated alkanes) is 1. The van der Waals surface area contributed by atoms with Crippen molar-refractivity contribution in [3.05, 3.63) is 83.7 Å². The molecule has 0 atom stereocenters. The maximum Gasteiger partial charge on any atom is 0.237 e. The number of likely N-dealkylation sites (N-methyl/N-ethyl adjacent to an activating group) is 1. The van der Waals surface area contributed by atoms with Crippen molar-refractivity contribution in [3.8, 4) is 0 Å². The zero-order valence-corrected chi connectivity index (χ0v) is 19.7. The molecule has 0 unspecified atom stereocenters. The first-order valence-corrected chi connectivity index (χ1v) is 11.4. The molecule has 6 nitrogen and oxygen atoms in total. The molecular formula is C26H36N4O2. The van der Waals surface area contributed by atoms with Crippen molar-refractivity contribution in [3.63, 3.8) is 0 Å². The van der Waals surface area contributed by atoms with Crippen molar-refractivity contribution in [1.29, 1.82) is 0 Å². The molecule has 6 heteroatoms. The van der Waals surface area contributed by atoms with E-state index in [0.717, 1.165) is 36.1 Å². The maximum absolute atomic E-state index is 13.6. The van der Waals surface area contributed by atoms with Crippen molar-refractivity contribution in [2.75, 3.05) is 20.7 Å². The summed E-state index contributed by atoms with van der Waals surface area (Å²) in [6.45, 7) is 4.76. The predicted octanol–water partition coefficient (Wildman–Crippen LogP) is 4.08. The molecule has 0 bridgehead atoms. The van der Waals surface area contributed by atoms with Crippen LogP contribution in [-0.4, -0.2) is 51.6 Å². The van der Waals surface area contributed by atoms with Crippen LogP contribution in [-0.2, 0) is 23.2 Å². The van der Waals surface area contributed by atoms with Crippen molar-refractivity contribution in [2.45, 2.75) is 51.5 Å². The monoisotopic (exact) mass is 436 g/mol. The number of aliphatic hydroxyl groups excluding tert-OH is 1. The number of carbonyl (C=O) groups excluding carboxylic acids is 1. The molecule has 1 amide bonds. The van der Waals surface area contributed by atoms with E-state index < -0.39 is 5.41 Å². The summed E-state index contributed by atoms with van der Waals surface area (Å²) in [4.78, 5) is 15.3. The molecular weight excluding hydrogens is 400 g/mol. The molecule has 0 radical (unpaired) electrons. The van der Waals surface area contributed by atoms with Crippen LogP contribution in [0.5, 0.6) is 0 Å². The van der Waals surface area contributed by atoms with Gasteiger partial charge in [0.2, 0.25) is 5.91 Å². The Bertz CT molecular complexity index is 884. The van der Waals surface area contributed by atoms with Crippen LogP contribution < -0.4 is 0 Å². The lowest BCUT2D eigenvalue weighted by atomic mass is 9.71. The first-order valence-electron chi connectivity index (χ1n) is 11.4. The number of amides is 1. The van der Waals surface area contributed by atoms with Crippen LogP contribution in [0, 0.1) is 0 Å². The van der Waals surface area contributed by atoms with Gasteiger partial charge in [-0.3, -0.25) is 9.48 Å². The molecule has 3 aromatic rings. The Labute approximate surface area is 191 Å². The normalized spacial score (nSPS) is 10.9. The Morgan fingerprint density at radius 1 is 0.969 bits per heavy atom. The third-order valence-electron chi connectivity index (χ3n) is 5.45. The second-order valence-electron chi connectivity index (χ2n) is 7.74. The van der Waals surface area contributed by atoms with Crippen LogP contribution in [0.1, 0.15) is 49.9 Å². The molecule has 172 valence electrons. The number of aliphatic hydroxyl groups is 1. The summed E-state index contributed by atoms with van der Waals surface area (Å²) in [5.41, 5.74) is 2.04. The van der Waals surface area contributed by atoms with Gasteiger partial charge in [0.1, 0.15) is 5.41 Å². The average Bonchev–Trinajstić information content (AvgIpc) is 3.30. The topological polar surface area (TPSA) is 71.2 Å². The number of aromatic nitrogens is 3. The third kappa shape index (κ3) is 6.04. The van der Waals surface area contributed by atoms with Crippen LogP contribution in [0.2, 0.25) is 0 Å². The standard InChI is InChI=1S/C24H30N4O2.C2H6/c1-27(2)23(30)24(20-11-5-3-6-12-20,21-13-7-4-8-14-21)16-17-28-19-22(25-26-28)15-9-10-18-29;1-2/h3-8,11-14,19,29H,9-10,15-18H2,1-2H3;1-2H3. The minimum atomic E-state index is -0.810. The highest BCUT2D eigenvalue weighted by Crippen LogP contribution is 2.38. The summed E-state index contributed by atoms with van der Waals surface area (Å²) in [5, 5.41) is 17.5. The summed E-state index contributed by atoms with van der Waals surface area (Å²) in [7, 11) is 3.61. The fourth-order valence-electron chi connectivity index (χ4n) is 3.90. The zero-order valence-electron chi connectivity index (χ0n) is 19.7. The van der Waals surface area contributed by atoms with E-state index in [9.17, 15) is 4.79 Å². The van der Waals surface area contributed by atoms with Gasteiger partial charge in [0.15, 0.2) is 0 Å². The molecule has 0 saturated heterocycles. The van der Waals surface area contributed by atoms with Gasteiger partial charge < -0.3 is 10.0 Å². The van der Waals surface area contributed by atoms with Crippen LogP contribution in [0.3, 0.4) is 0 Å². The molecule has 1 heterocycles. The van der Waals surface area contributed by atoms with E-state index in [2.05, 4.69) is 10.3 Å². The number of carbonyl (C=O) groups is 1. The average molecular weight is 437 g/mol. The molecule has 32 heavy (non-hydrogen) atoms. The lowest BCUT2D eigenvalue weighted by molar-refractivity contribution is -0.133. The van der Waals surface area contributed by atoms with E-state index in [1.54, 1.807) is 19.0 Å². The van der Waals surface area contributed by atoms with Gasteiger partial charge in [-0.15, -0.1) is 5.10 Å². The number of benzene rings is 2. The Morgan fingerprint density at radius 2 is 1.53 bits per heavy atom. The fraction of sp³-hybridized carbons (Fsp3) is 0.423. The Kier molecular flexibility index (Phi) is 10.1. The van der Waals surface area contributed by atoms with Crippen LogP contribution in [0.25, 0.3) is 0 Å². The summed E-state index contributed by atoms with van der Waals surface area (Å²) in [6.07, 6.45) is 4.94. The van der Waals surface area contributed by atoms with Crippen LogP contribution >= 0.6 is 0 Å². The fourth-order valence-corrected chi connectivity index (χ4v) is 3.90. The summed E-state index contributed by atoms with van der Waals surface area (Å²) in [5.74, 6) is 0.0446. The van der Waals surface area contributed by atoms with Gasteiger partial charge in [-0.1, -0.05) is 79.7 Å². The lowest BCUT2D eigenvalue weighted by Gasteiger charge is -2.36. The van der Waals surface area contributed by atoms with Gasteiger partial charge in [-0.2, -0.15) is 0 Å². The number of nitrogens with zero attached hydrogens (tertiary/aromatic N) is 4. The SMILES string of the molecule is CC.CN(C)C(=O)C(CCn1cc(CCCCO)nn1)(c1ccccc1)c1ccccc1. The second kappa shape index (κ2) is 12.8. The molecule has 1 aromatic heterocycles. The van der Waals surface area contributed by atoms with Gasteiger partial charge in [0.25, 0.3) is 0 Å². The van der Waals surface area contributed by atoms with Gasteiger partial charge in [-0.05, 0) is 36.8 Å².